The number of benzene rings is 1. The molecule has 1 atom stereocenters. The molecule has 1 aromatic carbocycles. The minimum Gasteiger partial charge on any atom is -0.337 e. The van der Waals surface area contributed by atoms with Crippen molar-refractivity contribution in [3.05, 3.63) is 28.2 Å². The highest BCUT2D eigenvalue weighted by atomic mass is 79.9. The highest BCUT2D eigenvalue weighted by molar-refractivity contribution is 9.10. The zero-order valence-electron chi connectivity index (χ0n) is 12.9. The molecule has 1 aliphatic rings. The zero-order chi connectivity index (χ0) is 15.8. The number of nitrogens with zero attached hydrogens (tertiary/aromatic N) is 1. The van der Waals surface area contributed by atoms with Gasteiger partial charge in [-0.2, -0.15) is 0 Å². The first-order chi connectivity index (χ1) is 9.68. The third-order valence-electron chi connectivity index (χ3n) is 3.75. The molecular weight excluding hydrogens is 332 g/mol. The fraction of sp³-hybridized carbons (Fsp3) is 0.500. The Labute approximate surface area is 134 Å². The van der Waals surface area contributed by atoms with E-state index in [1.807, 2.05) is 45.9 Å². The Morgan fingerprint density at radius 2 is 2.05 bits per heavy atom. The maximum atomic E-state index is 12.4. The van der Waals surface area contributed by atoms with Gasteiger partial charge in [0.1, 0.15) is 0 Å². The minimum absolute atomic E-state index is 0.0511. The second-order valence-corrected chi connectivity index (χ2v) is 7.44. The van der Waals surface area contributed by atoms with Crippen molar-refractivity contribution in [3.63, 3.8) is 0 Å². The zero-order valence-corrected chi connectivity index (χ0v) is 14.5. The molecule has 0 radical (unpaired) electrons. The molecule has 2 rings (SSSR count). The molecule has 2 amide bonds. The summed E-state index contributed by atoms with van der Waals surface area (Å²) in [5.74, 6) is -0.310. The van der Waals surface area contributed by atoms with E-state index < -0.39 is 0 Å². The Balaban J connectivity index is 2.07. The van der Waals surface area contributed by atoms with Crippen LogP contribution in [0, 0.1) is 12.8 Å². The summed E-state index contributed by atoms with van der Waals surface area (Å²) in [4.78, 5) is 26.2. The largest absolute Gasteiger partial charge is 0.337 e. The van der Waals surface area contributed by atoms with Gasteiger partial charge in [-0.05, 0) is 51.5 Å². The number of hydrogen-bond donors (Lipinski definition) is 1. The molecule has 1 heterocycles. The van der Waals surface area contributed by atoms with E-state index in [4.69, 9.17) is 0 Å². The maximum Gasteiger partial charge on any atom is 0.229 e. The molecule has 1 unspecified atom stereocenters. The molecular formula is C16H21BrN2O2. The summed E-state index contributed by atoms with van der Waals surface area (Å²) in [5, 5.41) is 2.93. The fourth-order valence-corrected chi connectivity index (χ4v) is 3.01. The smallest absolute Gasteiger partial charge is 0.229 e. The summed E-state index contributed by atoms with van der Waals surface area (Å²) < 4.78 is 0.980. The highest BCUT2D eigenvalue weighted by Crippen LogP contribution is 2.27. The summed E-state index contributed by atoms with van der Waals surface area (Å²) in [6.45, 7) is 8.41. The predicted molar refractivity (Wildman–Crippen MR) is 87.1 cm³/mol. The summed E-state index contributed by atoms with van der Waals surface area (Å²) in [5.41, 5.74) is 1.55. The van der Waals surface area contributed by atoms with E-state index in [1.54, 1.807) is 4.90 Å². The SMILES string of the molecule is Cc1cc(Br)ccc1NC(=O)C1CC(=O)N(C(C)(C)C)C1. The van der Waals surface area contributed by atoms with Gasteiger partial charge in [-0.3, -0.25) is 9.59 Å². The van der Waals surface area contributed by atoms with Gasteiger partial charge >= 0.3 is 0 Å². The molecule has 0 saturated carbocycles. The van der Waals surface area contributed by atoms with Crippen molar-refractivity contribution in [2.24, 2.45) is 5.92 Å². The van der Waals surface area contributed by atoms with Crippen LogP contribution in [0.15, 0.2) is 22.7 Å². The monoisotopic (exact) mass is 352 g/mol. The van der Waals surface area contributed by atoms with Crippen LogP contribution in [0.25, 0.3) is 0 Å². The lowest BCUT2D eigenvalue weighted by Gasteiger charge is -2.31. The van der Waals surface area contributed by atoms with E-state index in [1.165, 1.54) is 0 Å². The number of amides is 2. The van der Waals surface area contributed by atoms with Gasteiger partial charge in [0.05, 0.1) is 5.92 Å². The van der Waals surface area contributed by atoms with E-state index in [0.717, 1.165) is 15.7 Å². The molecule has 0 spiro atoms. The quantitative estimate of drug-likeness (QED) is 0.887. The van der Waals surface area contributed by atoms with Crippen LogP contribution in [0.2, 0.25) is 0 Å². The molecule has 0 bridgehead atoms. The van der Waals surface area contributed by atoms with Gasteiger partial charge in [0, 0.05) is 28.7 Å². The molecule has 1 saturated heterocycles. The first-order valence-electron chi connectivity index (χ1n) is 7.06. The van der Waals surface area contributed by atoms with Crippen LogP contribution in [-0.4, -0.2) is 28.8 Å². The van der Waals surface area contributed by atoms with Crippen LogP contribution >= 0.6 is 15.9 Å². The minimum atomic E-state index is -0.278. The number of rotatable bonds is 2. The normalized spacial score (nSPS) is 19.0. The number of anilines is 1. The third-order valence-corrected chi connectivity index (χ3v) is 4.25. The Hall–Kier alpha value is -1.36. The van der Waals surface area contributed by atoms with Crippen LogP contribution in [-0.2, 0) is 9.59 Å². The van der Waals surface area contributed by atoms with Crippen molar-refractivity contribution in [2.75, 3.05) is 11.9 Å². The van der Waals surface area contributed by atoms with Crippen LogP contribution in [0.4, 0.5) is 5.69 Å². The molecule has 5 heteroatoms. The van der Waals surface area contributed by atoms with Crippen LogP contribution in [0.1, 0.15) is 32.8 Å². The van der Waals surface area contributed by atoms with Crippen molar-refractivity contribution in [1.82, 2.24) is 4.90 Å². The van der Waals surface area contributed by atoms with Crippen LogP contribution in [0.3, 0.4) is 0 Å². The number of hydrogen-bond acceptors (Lipinski definition) is 2. The lowest BCUT2D eigenvalue weighted by atomic mass is 10.1. The maximum absolute atomic E-state index is 12.4. The van der Waals surface area contributed by atoms with Gasteiger partial charge in [0.2, 0.25) is 11.8 Å². The Kier molecular flexibility index (Phi) is 4.42. The Bertz CT molecular complexity index is 578. The van der Waals surface area contributed by atoms with E-state index >= 15 is 0 Å². The van der Waals surface area contributed by atoms with Gasteiger partial charge in [-0.1, -0.05) is 15.9 Å². The number of halogens is 1. The highest BCUT2D eigenvalue weighted by Gasteiger charge is 2.39. The number of carbonyl (C=O) groups is 2. The second kappa shape index (κ2) is 5.79. The molecule has 0 aromatic heterocycles. The van der Waals surface area contributed by atoms with Crippen molar-refractivity contribution in [1.29, 1.82) is 0 Å². The number of nitrogens with one attached hydrogen (secondary N) is 1. The average molecular weight is 353 g/mol. The van der Waals surface area contributed by atoms with Crippen molar-refractivity contribution in [2.45, 2.75) is 39.7 Å². The average Bonchev–Trinajstić information content (AvgIpc) is 2.75. The topological polar surface area (TPSA) is 49.4 Å². The molecule has 1 aromatic rings. The molecule has 1 N–H and O–H groups in total. The van der Waals surface area contributed by atoms with Crippen molar-refractivity contribution >= 4 is 33.4 Å². The van der Waals surface area contributed by atoms with Gasteiger partial charge in [0.15, 0.2) is 0 Å². The number of aryl methyl sites for hydroxylation is 1. The van der Waals surface area contributed by atoms with Gasteiger partial charge in [-0.25, -0.2) is 0 Å². The number of carbonyl (C=O) groups excluding carboxylic acids is 2. The van der Waals surface area contributed by atoms with Crippen molar-refractivity contribution in [3.8, 4) is 0 Å². The fourth-order valence-electron chi connectivity index (χ4n) is 2.53. The first kappa shape index (κ1) is 16.0. The van der Waals surface area contributed by atoms with E-state index in [2.05, 4.69) is 21.2 Å². The molecule has 0 aliphatic carbocycles. The molecule has 21 heavy (non-hydrogen) atoms. The molecule has 1 aliphatic heterocycles. The second-order valence-electron chi connectivity index (χ2n) is 6.52. The van der Waals surface area contributed by atoms with Gasteiger partial charge in [0.25, 0.3) is 0 Å². The standard InChI is InChI=1S/C16H21BrN2O2/c1-10-7-12(17)5-6-13(10)18-15(21)11-8-14(20)19(9-11)16(2,3)4/h5-7,11H,8-9H2,1-4H3,(H,18,21). The molecule has 114 valence electrons. The number of likely N-dealkylation sites (tertiary alicyclic amines) is 1. The van der Waals surface area contributed by atoms with E-state index in [-0.39, 0.29) is 23.3 Å². The van der Waals surface area contributed by atoms with Crippen LogP contribution < -0.4 is 5.32 Å². The summed E-state index contributed by atoms with van der Waals surface area (Å²) in [6.07, 6.45) is 0.290. The van der Waals surface area contributed by atoms with Crippen molar-refractivity contribution < 1.29 is 9.59 Å². The Morgan fingerprint density at radius 3 is 2.57 bits per heavy atom. The lowest BCUT2D eigenvalue weighted by molar-refractivity contribution is -0.131. The first-order valence-corrected chi connectivity index (χ1v) is 7.85. The summed E-state index contributed by atoms with van der Waals surface area (Å²) in [7, 11) is 0. The van der Waals surface area contributed by atoms with Crippen LogP contribution in [0.5, 0.6) is 0 Å². The summed E-state index contributed by atoms with van der Waals surface area (Å²) in [6, 6.07) is 5.72. The summed E-state index contributed by atoms with van der Waals surface area (Å²) >= 11 is 3.40. The molecule has 4 nitrogen and oxygen atoms in total. The van der Waals surface area contributed by atoms with Gasteiger partial charge in [-0.15, -0.1) is 0 Å². The lowest BCUT2D eigenvalue weighted by Crippen LogP contribution is -2.42. The molecule has 1 fully saturated rings. The van der Waals surface area contributed by atoms with E-state index in [9.17, 15) is 9.59 Å². The third kappa shape index (κ3) is 3.64. The predicted octanol–water partition coefficient (Wildman–Crippen LogP) is 3.34. The van der Waals surface area contributed by atoms with Gasteiger partial charge < -0.3 is 10.2 Å². The Morgan fingerprint density at radius 1 is 1.38 bits per heavy atom. The van der Waals surface area contributed by atoms with E-state index in [0.29, 0.717) is 13.0 Å².